The standard InChI is InChI=1S/C14H14ClNS.C4H9NO2.C2H4O2/c15-13-4-2-1-3-11(13)9-16-7-5-14-12(10-16)6-8-17-14;1-4(5)2-7-3-6;1-2(3)4/h1-4,6,8H,5,7,9-10H2;3-4H,2,5H2,1H3;1H3,(H,3,4). The highest BCUT2D eigenvalue weighted by Gasteiger charge is 2.17. The number of hydrogen-bond donors (Lipinski definition) is 2. The number of carbonyl (C=O) groups is 2. The summed E-state index contributed by atoms with van der Waals surface area (Å²) in [6.07, 6.45) is 1.18. The molecule has 154 valence electrons. The highest BCUT2D eigenvalue weighted by Crippen LogP contribution is 2.26. The molecule has 3 N–H and O–H groups in total. The molecule has 0 bridgehead atoms. The molecule has 6 nitrogen and oxygen atoms in total. The number of fused-ring (bicyclic) bond motifs is 1. The minimum atomic E-state index is -0.833. The number of rotatable bonds is 5. The number of ether oxygens (including phenoxy) is 1. The predicted molar refractivity (Wildman–Crippen MR) is 113 cm³/mol. The number of halogens is 1. The number of carbonyl (C=O) groups excluding carboxylic acids is 1. The van der Waals surface area contributed by atoms with Crippen molar-refractivity contribution in [2.24, 2.45) is 5.73 Å². The smallest absolute Gasteiger partial charge is 0.300 e. The number of carboxylic acids is 1. The van der Waals surface area contributed by atoms with Crippen molar-refractivity contribution in [3.05, 3.63) is 56.7 Å². The molecule has 0 aliphatic carbocycles. The normalized spacial score (nSPS) is 13.7. The maximum atomic E-state index is 9.43. The van der Waals surface area contributed by atoms with Gasteiger partial charge in [-0.25, -0.2) is 0 Å². The van der Waals surface area contributed by atoms with Gasteiger partial charge in [-0.3, -0.25) is 14.5 Å². The van der Waals surface area contributed by atoms with Crippen LogP contribution in [-0.4, -0.2) is 41.6 Å². The van der Waals surface area contributed by atoms with E-state index in [-0.39, 0.29) is 6.04 Å². The average molecular weight is 427 g/mol. The average Bonchev–Trinajstić information content (AvgIpc) is 3.10. The molecular formula is C20H27ClN2O4S. The zero-order chi connectivity index (χ0) is 20.9. The topological polar surface area (TPSA) is 92.9 Å². The van der Waals surface area contributed by atoms with Crippen LogP contribution in [0.3, 0.4) is 0 Å². The van der Waals surface area contributed by atoms with Crippen LogP contribution >= 0.6 is 22.9 Å². The molecule has 3 rings (SSSR count). The third kappa shape index (κ3) is 9.85. The van der Waals surface area contributed by atoms with Gasteiger partial charge in [-0.15, -0.1) is 11.3 Å². The summed E-state index contributed by atoms with van der Waals surface area (Å²) in [6, 6.07) is 10.3. The second-order valence-electron chi connectivity index (χ2n) is 6.35. The van der Waals surface area contributed by atoms with Gasteiger partial charge in [0.15, 0.2) is 0 Å². The number of nitrogens with two attached hydrogens (primary N) is 1. The summed E-state index contributed by atoms with van der Waals surface area (Å²) < 4.78 is 4.29. The lowest BCUT2D eigenvalue weighted by molar-refractivity contribution is -0.134. The largest absolute Gasteiger partial charge is 0.481 e. The first kappa shape index (κ1) is 24.1. The number of nitrogens with zero attached hydrogens (tertiary/aromatic N) is 1. The predicted octanol–water partition coefficient (Wildman–Crippen LogP) is 3.56. The highest BCUT2D eigenvalue weighted by molar-refractivity contribution is 7.10. The summed E-state index contributed by atoms with van der Waals surface area (Å²) in [6.45, 7) is 6.70. The number of thiophene rings is 1. The molecule has 0 fully saturated rings. The van der Waals surface area contributed by atoms with Crippen molar-refractivity contribution in [3.63, 3.8) is 0 Å². The van der Waals surface area contributed by atoms with Crippen molar-refractivity contribution in [2.75, 3.05) is 13.2 Å². The van der Waals surface area contributed by atoms with Crippen molar-refractivity contribution < 1.29 is 19.4 Å². The maximum absolute atomic E-state index is 9.43. The van der Waals surface area contributed by atoms with Crippen LogP contribution < -0.4 is 5.73 Å². The van der Waals surface area contributed by atoms with E-state index in [2.05, 4.69) is 33.2 Å². The zero-order valence-electron chi connectivity index (χ0n) is 16.1. The van der Waals surface area contributed by atoms with Crippen LogP contribution in [0.15, 0.2) is 35.7 Å². The number of benzene rings is 1. The number of hydrogen-bond acceptors (Lipinski definition) is 6. The molecule has 1 atom stereocenters. The van der Waals surface area contributed by atoms with E-state index < -0.39 is 5.97 Å². The van der Waals surface area contributed by atoms with E-state index in [4.69, 9.17) is 27.2 Å². The van der Waals surface area contributed by atoms with E-state index in [1.54, 1.807) is 11.8 Å². The Bertz CT molecular complexity index is 733. The molecule has 0 saturated heterocycles. The molecule has 28 heavy (non-hydrogen) atoms. The Kier molecular flexibility index (Phi) is 11.4. The van der Waals surface area contributed by atoms with Gasteiger partial charge in [0.2, 0.25) is 0 Å². The van der Waals surface area contributed by atoms with Gasteiger partial charge in [0, 0.05) is 42.5 Å². The Labute approximate surface area is 174 Å². The fourth-order valence-electron chi connectivity index (χ4n) is 2.50. The Morgan fingerprint density at radius 3 is 2.68 bits per heavy atom. The summed E-state index contributed by atoms with van der Waals surface area (Å²) in [5.41, 5.74) is 7.92. The van der Waals surface area contributed by atoms with Gasteiger partial charge in [-0.1, -0.05) is 29.8 Å². The molecule has 1 aliphatic rings. The molecule has 0 spiro atoms. The third-order valence-corrected chi connectivity index (χ3v) is 5.06. The highest BCUT2D eigenvalue weighted by atomic mass is 35.5. The molecule has 2 heterocycles. The summed E-state index contributed by atoms with van der Waals surface area (Å²) in [4.78, 5) is 22.5. The van der Waals surface area contributed by atoms with Gasteiger partial charge in [-0.05, 0) is 42.0 Å². The Balaban J connectivity index is 0.000000299. The Hall–Kier alpha value is -1.93. The van der Waals surface area contributed by atoms with Gasteiger partial charge in [0.05, 0.1) is 0 Å². The van der Waals surface area contributed by atoms with Crippen LogP contribution in [-0.2, 0) is 33.8 Å². The molecule has 0 radical (unpaired) electrons. The Morgan fingerprint density at radius 2 is 2.11 bits per heavy atom. The lowest BCUT2D eigenvalue weighted by Gasteiger charge is -2.27. The molecule has 8 heteroatoms. The Morgan fingerprint density at radius 1 is 1.43 bits per heavy atom. The SMILES string of the molecule is CC(=O)O.CC(N)COC=O.Clc1ccccc1CN1CCc2sccc2C1. The quantitative estimate of drug-likeness (QED) is 0.710. The second kappa shape index (κ2) is 13.3. The molecule has 1 unspecified atom stereocenters. The molecule has 1 aromatic carbocycles. The lowest BCUT2D eigenvalue weighted by atomic mass is 10.1. The maximum Gasteiger partial charge on any atom is 0.300 e. The summed E-state index contributed by atoms with van der Waals surface area (Å²) in [5, 5.41) is 10.5. The van der Waals surface area contributed by atoms with Crippen molar-refractivity contribution in [2.45, 2.75) is 39.4 Å². The van der Waals surface area contributed by atoms with E-state index in [1.807, 2.05) is 23.5 Å². The summed E-state index contributed by atoms with van der Waals surface area (Å²) >= 11 is 8.08. The first-order chi connectivity index (χ1) is 13.3. The van der Waals surface area contributed by atoms with Crippen LogP contribution in [0.4, 0.5) is 0 Å². The monoisotopic (exact) mass is 426 g/mol. The van der Waals surface area contributed by atoms with E-state index >= 15 is 0 Å². The summed E-state index contributed by atoms with van der Waals surface area (Å²) in [5.74, 6) is -0.833. The summed E-state index contributed by atoms with van der Waals surface area (Å²) in [7, 11) is 0. The van der Waals surface area contributed by atoms with Crippen LogP contribution in [0.1, 0.15) is 29.9 Å². The fourth-order valence-corrected chi connectivity index (χ4v) is 3.59. The van der Waals surface area contributed by atoms with E-state index in [1.165, 1.54) is 17.5 Å². The molecular weight excluding hydrogens is 400 g/mol. The van der Waals surface area contributed by atoms with Gasteiger partial charge >= 0.3 is 0 Å². The van der Waals surface area contributed by atoms with Crippen LogP contribution in [0.2, 0.25) is 5.02 Å². The van der Waals surface area contributed by atoms with Crippen molar-refractivity contribution in [3.8, 4) is 0 Å². The second-order valence-corrected chi connectivity index (χ2v) is 7.75. The van der Waals surface area contributed by atoms with Gasteiger partial charge in [0.25, 0.3) is 12.4 Å². The van der Waals surface area contributed by atoms with Crippen LogP contribution in [0.25, 0.3) is 0 Å². The minimum absolute atomic E-state index is 0.0507. The minimum Gasteiger partial charge on any atom is -0.481 e. The zero-order valence-corrected chi connectivity index (χ0v) is 17.7. The van der Waals surface area contributed by atoms with Gasteiger partial charge in [0.1, 0.15) is 6.61 Å². The van der Waals surface area contributed by atoms with Crippen LogP contribution in [0, 0.1) is 0 Å². The third-order valence-electron chi connectivity index (χ3n) is 3.67. The van der Waals surface area contributed by atoms with E-state index in [0.29, 0.717) is 13.1 Å². The van der Waals surface area contributed by atoms with E-state index in [0.717, 1.165) is 31.6 Å². The number of carboxylic acid groups (broad SMARTS) is 1. The molecule has 1 aliphatic heterocycles. The van der Waals surface area contributed by atoms with Gasteiger partial charge in [-0.2, -0.15) is 0 Å². The fraction of sp³-hybridized carbons (Fsp3) is 0.400. The number of aliphatic carboxylic acids is 1. The molecule has 2 aromatic rings. The molecule has 0 saturated carbocycles. The van der Waals surface area contributed by atoms with Gasteiger partial charge < -0.3 is 15.6 Å². The van der Waals surface area contributed by atoms with Crippen molar-refractivity contribution in [1.82, 2.24) is 4.90 Å². The molecule has 1 aromatic heterocycles. The van der Waals surface area contributed by atoms with Crippen molar-refractivity contribution >= 4 is 35.4 Å². The first-order valence-corrected chi connectivity index (χ1v) is 10.1. The first-order valence-electron chi connectivity index (χ1n) is 8.84. The van der Waals surface area contributed by atoms with Crippen LogP contribution in [0.5, 0.6) is 0 Å². The van der Waals surface area contributed by atoms with Crippen molar-refractivity contribution in [1.29, 1.82) is 0 Å². The van der Waals surface area contributed by atoms with E-state index in [9.17, 15) is 4.79 Å². The molecule has 0 amide bonds. The lowest BCUT2D eigenvalue weighted by Crippen LogP contribution is -2.29.